The van der Waals surface area contributed by atoms with Crippen LogP contribution in [-0.4, -0.2) is 11.6 Å². The van der Waals surface area contributed by atoms with Crippen molar-refractivity contribution in [1.29, 1.82) is 0 Å². The van der Waals surface area contributed by atoms with Gasteiger partial charge in [-0.15, -0.1) is 5.53 Å². The third-order valence-electron chi connectivity index (χ3n) is 2.84. The predicted octanol–water partition coefficient (Wildman–Crippen LogP) is 3.40. The zero-order valence-electron chi connectivity index (χ0n) is 10.3. The molecule has 0 saturated carbocycles. The summed E-state index contributed by atoms with van der Waals surface area (Å²) in [6.45, 7) is 3.09. The van der Waals surface area contributed by atoms with Gasteiger partial charge in [0, 0.05) is 22.8 Å². The summed E-state index contributed by atoms with van der Waals surface area (Å²) in [6, 6.07) is 5.06. The van der Waals surface area contributed by atoms with Crippen molar-refractivity contribution < 1.29 is 4.39 Å². The Morgan fingerprint density at radius 1 is 1.33 bits per heavy atom. The van der Waals surface area contributed by atoms with Crippen LogP contribution in [-0.2, 0) is 0 Å². The van der Waals surface area contributed by atoms with Crippen molar-refractivity contribution in [1.82, 2.24) is 16.0 Å². The van der Waals surface area contributed by atoms with Gasteiger partial charge < -0.3 is 5.43 Å². The Balaban J connectivity index is 2.03. The molecule has 0 spiro atoms. The van der Waals surface area contributed by atoms with E-state index < -0.39 is 0 Å². The first-order valence-electron chi connectivity index (χ1n) is 6.16. The lowest BCUT2D eigenvalue weighted by Crippen LogP contribution is -2.36. The van der Waals surface area contributed by atoms with E-state index in [9.17, 15) is 4.39 Å². The summed E-state index contributed by atoms with van der Waals surface area (Å²) in [7, 11) is 0. The average molecular weight is 314 g/mol. The molecule has 0 radical (unpaired) electrons. The molecule has 3 nitrogen and oxygen atoms in total. The van der Waals surface area contributed by atoms with Crippen LogP contribution in [0.5, 0.6) is 0 Å². The lowest BCUT2D eigenvalue weighted by Gasteiger charge is -2.14. The first-order chi connectivity index (χ1) is 8.70. The van der Waals surface area contributed by atoms with E-state index in [0.717, 1.165) is 23.1 Å². The molecule has 0 unspecified atom stereocenters. The van der Waals surface area contributed by atoms with E-state index in [0.29, 0.717) is 5.56 Å². The molecule has 1 aromatic rings. The van der Waals surface area contributed by atoms with Crippen LogP contribution in [0.4, 0.5) is 4.39 Å². The highest BCUT2D eigenvalue weighted by molar-refractivity contribution is 9.10. The largest absolute Gasteiger partial charge is 0.302 e. The number of rotatable bonds is 5. The summed E-state index contributed by atoms with van der Waals surface area (Å²) in [4.78, 5) is 0. The standard InChI is InChI=1S/C13H17BrFN3/c1-2-3-4-7-18-9-13(16-17-18)11-6-5-10(14)8-12(11)15/h5-6,8-9,16-17H,2-4,7H2,1H3. The van der Waals surface area contributed by atoms with Gasteiger partial charge in [-0.1, -0.05) is 35.7 Å². The number of unbranched alkanes of at least 4 members (excludes halogenated alkanes) is 2. The van der Waals surface area contributed by atoms with E-state index in [4.69, 9.17) is 0 Å². The van der Waals surface area contributed by atoms with Gasteiger partial charge in [-0.2, -0.15) is 0 Å². The minimum absolute atomic E-state index is 0.236. The normalized spacial score (nSPS) is 14.6. The van der Waals surface area contributed by atoms with Crippen molar-refractivity contribution in [2.24, 2.45) is 0 Å². The molecule has 98 valence electrons. The van der Waals surface area contributed by atoms with E-state index in [1.807, 2.05) is 17.3 Å². The van der Waals surface area contributed by atoms with Crippen LogP contribution in [0.2, 0.25) is 0 Å². The third-order valence-corrected chi connectivity index (χ3v) is 3.34. The Morgan fingerprint density at radius 2 is 2.17 bits per heavy atom. The van der Waals surface area contributed by atoms with Crippen LogP contribution in [0.15, 0.2) is 28.9 Å². The van der Waals surface area contributed by atoms with Crippen molar-refractivity contribution in [2.45, 2.75) is 26.2 Å². The van der Waals surface area contributed by atoms with Gasteiger partial charge in [0.05, 0.1) is 5.70 Å². The van der Waals surface area contributed by atoms with E-state index in [1.54, 1.807) is 6.07 Å². The van der Waals surface area contributed by atoms with E-state index in [-0.39, 0.29) is 5.82 Å². The van der Waals surface area contributed by atoms with Gasteiger partial charge in [-0.05, 0) is 24.6 Å². The van der Waals surface area contributed by atoms with E-state index in [2.05, 4.69) is 33.8 Å². The molecule has 0 bridgehead atoms. The Hall–Kier alpha value is -1.07. The average Bonchev–Trinajstić information content (AvgIpc) is 2.78. The second-order valence-electron chi connectivity index (χ2n) is 4.30. The molecule has 1 aliphatic rings. The molecular weight excluding hydrogens is 297 g/mol. The number of nitrogens with zero attached hydrogens (tertiary/aromatic N) is 1. The molecule has 18 heavy (non-hydrogen) atoms. The molecule has 0 aliphatic carbocycles. The molecule has 0 fully saturated rings. The summed E-state index contributed by atoms with van der Waals surface area (Å²) < 4.78 is 14.5. The smallest absolute Gasteiger partial charge is 0.133 e. The molecule has 0 amide bonds. The zero-order chi connectivity index (χ0) is 13.0. The highest BCUT2D eigenvalue weighted by Crippen LogP contribution is 2.22. The van der Waals surface area contributed by atoms with Crippen LogP contribution in [0.1, 0.15) is 31.7 Å². The molecule has 2 N–H and O–H groups in total. The van der Waals surface area contributed by atoms with Gasteiger partial charge in [-0.25, -0.2) is 4.39 Å². The Kier molecular flexibility index (Phi) is 4.60. The molecule has 1 aliphatic heterocycles. The van der Waals surface area contributed by atoms with Gasteiger partial charge in [0.15, 0.2) is 0 Å². The van der Waals surface area contributed by atoms with Gasteiger partial charge >= 0.3 is 0 Å². The van der Waals surface area contributed by atoms with E-state index in [1.165, 1.54) is 18.9 Å². The number of hydrazine groups is 2. The van der Waals surface area contributed by atoms with Crippen LogP contribution in [0, 0.1) is 5.82 Å². The fraction of sp³-hybridized carbons (Fsp3) is 0.385. The number of nitrogens with one attached hydrogen (secondary N) is 2. The maximum atomic E-state index is 13.8. The molecule has 0 aromatic heterocycles. The quantitative estimate of drug-likeness (QED) is 0.816. The number of benzene rings is 1. The summed E-state index contributed by atoms with van der Waals surface area (Å²) >= 11 is 3.25. The molecule has 2 rings (SSSR count). The lowest BCUT2D eigenvalue weighted by atomic mass is 10.1. The molecule has 0 saturated heterocycles. The fourth-order valence-corrected chi connectivity index (χ4v) is 2.18. The number of hydrogen-bond donors (Lipinski definition) is 2. The second kappa shape index (κ2) is 6.20. The van der Waals surface area contributed by atoms with Crippen molar-refractivity contribution in [3.05, 3.63) is 40.3 Å². The number of halogens is 2. The number of hydrogen-bond acceptors (Lipinski definition) is 3. The fourth-order valence-electron chi connectivity index (χ4n) is 1.85. The summed E-state index contributed by atoms with van der Waals surface area (Å²) in [5.74, 6) is -0.236. The van der Waals surface area contributed by atoms with Crippen LogP contribution < -0.4 is 11.0 Å². The van der Waals surface area contributed by atoms with Crippen molar-refractivity contribution in [2.75, 3.05) is 6.54 Å². The Bertz CT molecular complexity index is 448. The van der Waals surface area contributed by atoms with Gasteiger partial charge in [0.2, 0.25) is 0 Å². The lowest BCUT2D eigenvalue weighted by molar-refractivity contribution is 0.267. The topological polar surface area (TPSA) is 27.3 Å². The first-order valence-corrected chi connectivity index (χ1v) is 6.95. The molecular formula is C13H17BrFN3. The molecule has 1 heterocycles. The van der Waals surface area contributed by atoms with Crippen molar-refractivity contribution in [3.63, 3.8) is 0 Å². The summed E-state index contributed by atoms with van der Waals surface area (Å²) in [5.41, 5.74) is 7.34. The molecule has 5 heteroatoms. The summed E-state index contributed by atoms with van der Waals surface area (Å²) in [6.07, 6.45) is 5.42. The highest BCUT2D eigenvalue weighted by Gasteiger charge is 2.15. The maximum absolute atomic E-state index is 13.8. The summed E-state index contributed by atoms with van der Waals surface area (Å²) in [5, 5.41) is 1.95. The van der Waals surface area contributed by atoms with Crippen molar-refractivity contribution >= 4 is 21.6 Å². The minimum Gasteiger partial charge on any atom is -0.302 e. The second-order valence-corrected chi connectivity index (χ2v) is 5.22. The van der Waals surface area contributed by atoms with Crippen LogP contribution in [0.3, 0.4) is 0 Å². The minimum atomic E-state index is -0.236. The van der Waals surface area contributed by atoms with Crippen LogP contribution >= 0.6 is 15.9 Å². The zero-order valence-corrected chi connectivity index (χ0v) is 11.9. The van der Waals surface area contributed by atoms with E-state index >= 15 is 0 Å². The van der Waals surface area contributed by atoms with Gasteiger partial charge in [-0.3, -0.25) is 5.01 Å². The first kappa shape index (κ1) is 13.4. The van der Waals surface area contributed by atoms with Crippen molar-refractivity contribution in [3.8, 4) is 0 Å². The third kappa shape index (κ3) is 3.23. The van der Waals surface area contributed by atoms with Crippen LogP contribution in [0.25, 0.3) is 5.70 Å². The monoisotopic (exact) mass is 313 g/mol. The molecule has 1 aromatic carbocycles. The predicted molar refractivity (Wildman–Crippen MR) is 74.6 cm³/mol. The SMILES string of the molecule is CCCCCN1C=C(c2ccc(Br)cc2F)NN1. The Labute approximate surface area is 115 Å². The van der Waals surface area contributed by atoms with Gasteiger partial charge in [0.1, 0.15) is 5.82 Å². The highest BCUT2D eigenvalue weighted by atomic mass is 79.9. The van der Waals surface area contributed by atoms with Gasteiger partial charge in [0.25, 0.3) is 0 Å². The Morgan fingerprint density at radius 3 is 2.89 bits per heavy atom. The maximum Gasteiger partial charge on any atom is 0.133 e. The molecule has 0 atom stereocenters.